The molecule has 8 nitrogen and oxygen atoms in total. The van der Waals surface area contributed by atoms with E-state index < -0.39 is 0 Å². The molecule has 1 saturated heterocycles. The fourth-order valence-electron chi connectivity index (χ4n) is 3.37. The molecule has 1 aromatic rings. The molecule has 30 heavy (non-hydrogen) atoms. The number of nitrogens with zero attached hydrogens (tertiary/aromatic N) is 2. The Morgan fingerprint density at radius 2 is 1.73 bits per heavy atom. The first-order chi connectivity index (χ1) is 14.0. The molecule has 0 amide bonds. The van der Waals surface area contributed by atoms with E-state index in [1.165, 1.54) is 0 Å². The quantitative estimate of drug-likeness (QED) is 0.286. The van der Waals surface area contributed by atoms with E-state index in [0.29, 0.717) is 23.8 Å². The number of rotatable bonds is 9. The number of ether oxygens (including phenoxy) is 4. The second-order valence-electron chi connectivity index (χ2n) is 7.45. The van der Waals surface area contributed by atoms with Crippen LogP contribution in [0, 0.1) is 0 Å². The number of halogens is 1. The number of hydrogen-bond donors (Lipinski definition) is 2. The van der Waals surface area contributed by atoms with Crippen LogP contribution in [0.4, 0.5) is 0 Å². The molecule has 1 aliphatic rings. The molecule has 0 atom stereocenters. The fraction of sp³-hybridized carbons (Fsp3) is 0.667. The second kappa shape index (κ2) is 13.1. The highest BCUT2D eigenvalue weighted by atomic mass is 127. The van der Waals surface area contributed by atoms with Crippen molar-refractivity contribution in [1.82, 2.24) is 15.5 Å². The lowest BCUT2D eigenvalue weighted by Crippen LogP contribution is -2.56. The van der Waals surface area contributed by atoms with Crippen molar-refractivity contribution in [3.05, 3.63) is 17.7 Å². The molecule has 0 unspecified atom stereocenters. The normalized spacial score (nSPS) is 15.2. The largest absolute Gasteiger partial charge is 0.493 e. The highest BCUT2D eigenvalue weighted by Gasteiger charge is 2.28. The summed E-state index contributed by atoms with van der Waals surface area (Å²) in [5, 5.41) is 6.79. The minimum atomic E-state index is 0. The topological polar surface area (TPSA) is 76.6 Å². The van der Waals surface area contributed by atoms with Gasteiger partial charge in [-0.15, -0.1) is 24.0 Å². The average Bonchev–Trinajstić information content (AvgIpc) is 2.75. The molecule has 172 valence electrons. The number of nitrogens with one attached hydrogen (secondary N) is 2. The molecule has 2 rings (SSSR count). The maximum absolute atomic E-state index is 5.56. The molecule has 0 aromatic heterocycles. The molecule has 0 saturated carbocycles. The van der Waals surface area contributed by atoms with Crippen LogP contribution in [-0.2, 0) is 11.3 Å². The Morgan fingerprint density at radius 3 is 2.30 bits per heavy atom. The van der Waals surface area contributed by atoms with Gasteiger partial charge in [0.1, 0.15) is 0 Å². The van der Waals surface area contributed by atoms with Crippen molar-refractivity contribution in [2.75, 3.05) is 60.7 Å². The van der Waals surface area contributed by atoms with Crippen LogP contribution in [0.3, 0.4) is 0 Å². The molecule has 0 radical (unpaired) electrons. The van der Waals surface area contributed by atoms with Crippen LogP contribution in [0.1, 0.15) is 26.3 Å². The van der Waals surface area contributed by atoms with Gasteiger partial charge in [-0.2, -0.15) is 0 Å². The van der Waals surface area contributed by atoms with E-state index >= 15 is 0 Å². The molecular formula is C21H37IN4O4. The van der Waals surface area contributed by atoms with Crippen LogP contribution >= 0.6 is 24.0 Å². The molecule has 0 bridgehead atoms. The highest BCUT2D eigenvalue weighted by molar-refractivity contribution is 14.0. The first-order valence-electron chi connectivity index (χ1n) is 10.1. The Morgan fingerprint density at radius 1 is 1.07 bits per heavy atom. The van der Waals surface area contributed by atoms with E-state index in [-0.39, 0.29) is 29.5 Å². The van der Waals surface area contributed by atoms with Crippen LogP contribution in [0.5, 0.6) is 17.2 Å². The van der Waals surface area contributed by atoms with E-state index in [9.17, 15) is 0 Å². The molecule has 1 heterocycles. The van der Waals surface area contributed by atoms with Crippen molar-refractivity contribution < 1.29 is 18.9 Å². The Kier molecular flexibility index (Phi) is 11.6. The van der Waals surface area contributed by atoms with Gasteiger partial charge in [-0.1, -0.05) is 0 Å². The predicted molar refractivity (Wildman–Crippen MR) is 131 cm³/mol. The van der Waals surface area contributed by atoms with Crippen LogP contribution in [0.25, 0.3) is 0 Å². The lowest BCUT2D eigenvalue weighted by atomic mass is 10.0. The van der Waals surface area contributed by atoms with Crippen molar-refractivity contribution in [2.24, 2.45) is 4.99 Å². The zero-order chi connectivity index (χ0) is 21.3. The van der Waals surface area contributed by atoms with Gasteiger partial charge in [0.05, 0.1) is 41.1 Å². The fourth-order valence-corrected chi connectivity index (χ4v) is 3.37. The number of hydrogen-bond acceptors (Lipinski definition) is 6. The van der Waals surface area contributed by atoms with E-state index in [4.69, 9.17) is 23.9 Å². The maximum Gasteiger partial charge on any atom is 0.203 e. The Balaban J connectivity index is 0.00000450. The predicted octanol–water partition coefficient (Wildman–Crippen LogP) is 2.50. The van der Waals surface area contributed by atoms with E-state index in [1.54, 1.807) is 21.3 Å². The number of benzene rings is 1. The third-order valence-electron chi connectivity index (χ3n) is 5.09. The van der Waals surface area contributed by atoms with Gasteiger partial charge < -0.3 is 29.6 Å². The van der Waals surface area contributed by atoms with E-state index in [1.807, 2.05) is 12.1 Å². The first-order valence-corrected chi connectivity index (χ1v) is 10.1. The van der Waals surface area contributed by atoms with Crippen LogP contribution in [-0.4, -0.2) is 77.1 Å². The van der Waals surface area contributed by atoms with Crippen LogP contribution in [0.15, 0.2) is 17.1 Å². The Labute approximate surface area is 197 Å². The number of morpholine rings is 1. The van der Waals surface area contributed by atoms with Crippen molar-refractivity contribution in [1.29, 1.82) is 0 Å². The zero-order valence-electron chi connectivity index (χ0n) is 19.0. The molecular weight excluding hydrogens is 499 g/mol. The summed E-state index contributed by atoms with van der Waals surface area (Å²) in [7, 11) is 4.84. The molecule has 2 N–H and O–H groups in total. The summed E-state index contributed by atoms with van der Waals surface area (Å²) in [6.07, 6.45) is 0. The number of aliphatic imine (C=N–C) groups is 1. The zero-order valence-corrected chi connectivity index (χ0v) is 21.4. The van der Waals surface area contributed by atoms with E-state index in [2.05, 4.69) is 36.3 Å². The van der Waals surface area contributed by atoms with Crippen molar-refractivity contribution in [2.45, 2.75) is 32.9 Å². The van der Waals surface area contributed by atoms with Gasteiger partial charge in [-0.05, 0) is 32.9 Å². The molecule has 0 aliphatic carbocycles. The second-order valence-corrected chi connectivity index (χ2v) is 7.45. The SMILES string of the molecule is CCNC(=NCc1ccc(OC)c(OC)c1OC)NCC(C)(C)N1CCOCC1.I. The Hall–Kier alpha value is -1.46. The number of guanidine groups is 1. The van der Waals surface area contributed by atoms with Crippen LogP contribution < -0.4 is 24.8 Å². The minimum absolute atomic E-state index is 0. The highest BCUT2D eigenvalue weighted by Crippen LogP contribution is 2.39. The summed E-state index contributed by atoms with van der Waals surface area (Å²) in [6, 6.07) is 3.82. The molecule has 0 spiro atoms. The van der Waals surface area contributed by atoms with Gasteiger partial charge in [0.2, 0.25) is 5.75 Å². The summed E-state index contributed by atoms with van der Waals surface area (Å²) in [4.78, 5) is 7.20. The summed E-state index contributed by atoms with van der Waals surface area (Å²) >= 11 is 0. The van der Waals surface area contributed by atoms with Gasteiger partial charge in [0, 0.05) is 37.3 Å². The van der Waals surface area contributed by atoms with Gasteiger partial charge in [-0.3, -0.25) is 4.90 Å². The van der Waals surface area contributed by atoms with Crippen LogP contribution in [0.2, 0.25) is 0 Å². The van der Waals surface area contributed by atoms with Crippen molar-refractivity contribution in [3.63, 3.8) is 0 Å². The summed E-state index contributed by atoms with van der Waals surface area (Å²) in [6.45, 7) is 12.0. The monoisotopic (exact) mass is 536 g/mol. The third kappa shape index (κ3) is 7.05. The lowest BCUT2D eigenvalue weighted by molar-refractivity contribution is -0.00834. The van der Waals surface area contributed by atoms with Gasteiger partial charge in [0.15, 0.2) is 17.5 Å². The standard InChI is InChI=1S/C21H36N4O4.HI/c1-7-22-20(24-15-21(2,3)25-10-12-29-13-11-25)23-14-16-8-9-17(26-4)19(28-6)18(16)27-5;/h8-9H,7,10-15H2,1-6H3,(H2,22,23,24);1H. The third-order valence-corrected chi connectivity index (χ3v) is 5.09. The average molecular weight is 536 g/mol. The van der Waals surface area contributed by atoms with Crippen molar-refractivity contribution >= 4 is 29.9 Å². The smallest absolute Gasteiger partial charge is 0.203 e. The van der Waals surface area contributed by atoms with Gasteiger partial charge >= 0.3 is 0 Å². The maximum atomic E-state index is 5.56. The van der Waals surface area contributed by atoms with E-state index in [0.717, 1.165) is 50.9 Å². The molecule has 1 fully saturated rings. The summed E-state index contributed by atoms with van der Waals surface area (Å²) in [5.41, 5.74) is 0.927. The minimum Gasteiger partial charge on any atom is -0.493 e. The molecule has 9 heteroatoms. The number of methoxy groups -OCH3 is 3. The first kappa shape index (κ1) is 26.6. The lowest BCUT2D eigenvalue weighted by Gasteiger charge is -2.41. The molecule has 1 aliphatic heterocycles. The summed E-state index contributed by atoms with van der Waals surface area (Å²) < 4.78 is 21.9. The van der Waals surface area contributed by atoms with Gasteiger partial charge in [-0.25, -0.2) is 4.99 Å². The van der Waals surface area contributed by atoms with Gasteiger partial charge in [0.25, 0.3) is 0 Å². The molecule has 1 aromatic carbocycles. The van der Waals surface area contributed by atoms with Crippen molar-refractivity contribution in [3.8, 4) is 17.2 Å². The Bertz CT molecular complexity index is 679. The summed E-state index contributed by atoms with van der Waals surface area (Å²) in [5.74, 6) is 2.62.